The van der Waals surface area contributed by atoms with Crippen molar-refractivity contribution >= 4 is 34.3 Å². The van der Waals surface area contributed by atoms with E-state index in [-0.39, 0.29) is 18.2 Å². The highest BCUT2D eigenvalue weighted by Crippen LogP contribution is 2.19. The number of amides is 1. The molecule has 1 amide bonds. The predicted molar refractivity (Wildman–Crippen MR) is 132 cm³/mol. The lowest BCUT2D eigenvalue weighted by Crippen LogP contribution is -2.27. The first kappa shape index (κ1) is 22.7. The number of nitrogens with one attached hydrogen (secondary N) is 1. The van der Waals surface area contributed by atoms with Crippen molar-refractivity contribution in [2.75, 3.05) is 6.54 Å². The summed E-state index contributed by atoms with van der Waals surface area (Å²) < 4.78 is 1.97. The molecular weight excluding hydrogens is 434 g/mol. The number of aromatic nitrogens is 2. The van der Waals surface area contributed by atoms with Crippen LogP contribution >= 0.6 is 11.6 Å². The van der Waals surface area contributed by atoms with Crippen molar-refractivity contribution in [3.05, 3.63) is 100 Å². The quantitative estimate of drug-likeness (QED) is 0.277. The molecule has 6 heteroatoms. The maximum atomic E-state index is 12.9. The Morgan fingerprint density at radius 3 is 2.48 bits per heavy atom. The van der Waals surface area contributed by atoms with Crippen molar-refractivity contribution in [2.24, 2.45) is 0 Å². The van der Waals surface area contributed by atoms with E-state index in [4.69, 9.17) is 16.6 Å². The Labute approximate surface area is 198 Å². The van der Waals surface area contributed by atoms with E-state index in [1.165, 1.54) is 0 Å². The number of ketones is 1. The summed E-state index contributed by atoms with van der Waals surface area (Å²) in [5.74, 6) is 0.852. The molecular formula is C27H26ClN3O2. The van der Waals surface area contributed by atoms with E-state index in [2.05, 4.69) is 5.32 Å². The second kappa shape index (κ2) is 10.5. The van der Waals surface area contributed by atoms with Crippen LogP contribution in [0.2, 0.25) is 5.02 Å². The molecule has 0 saturated carbocycles. The Bertz CT molecular complexity index is 1280. The standard InChI is InChI=1S/C27H26ClN3O2/c1-19-7-2-3-8-21(19)17-27(33)29-16-6-11-26-30-23-9-4-5-10-24(23)31(26)18-25(32)20-12-14-22(28)15-13-20/h2-5,7-10,12-15H,6,11,16-18H2,1H3,(H,29,33). The molecule has 0 aliphatic heterocycles. The van der Waals surface area contributed by atoms with E-state index in [0.717, 1.165) is 34.4 Å². The highest BCUT2D eigenvalue weighted by molar-refractivity contribution is 6.30. The van der Waals surface area contributed by atoms with Gasteiger partial charge in [0.1, 0.15) is 5.82 Å². The zero-order valence-corrected chi connectivity index (χ0v) is 19.3. The van der Waals surface area contributed by atoms with Crippen LogP contribution in [-0.2, 0) is 24.2 Å². The number of nitrogens with zero attached hydrogens (tertiary/aromatic N) is 2. The van der Waals surface area contributed by atoms with Crippen LogP contribution in [-0.4, -0.2) is 27.8 Å². The molecule has 0 aliphatic carbocycles. The summed E-state index contributed by atoms with van der Waals surface area (Å²) in [6.07, 6.45) is 1.77. The summed E-state index contributed by atoms with van der Waals surface area (Å²) in [7, 11) is 0. The van der Waals surface area contributed by atoms with Crippen LogP contribution in [0.5, 0.6) is 0 Å². The molecule has 1 N–H and O–H groups in total. The summed E-state index contributed by atoms with van der Waals surface area (Å²) in [4.78, 5) is 30.0. The first-order valence-corrected chi connectivity index (χ1v) is 11.4. The van der Waals surface area contributed by atoms with E-state index in [1.54, 1.807) is 24.3 Å². The van der Waals surface area contributed by atoms with Crippen LogP contribution in [0.3, 0.4) is 0 Å². The van der Waals surface area contributed by atoms with Gasteiger partial charge in [-0.05, 0) is 60.9 Å². The number of benzene rings is 3. The van der Waals surface area contributed by atoms with E-state index in [0.29, 0.717) is 30.0 Å². The first-order chi connectivity index (χ1) is 16.0. The normalized spacial score (nSPS) is 11.0. The van der Waals surface area contributed by atoms with Crippen molar-refractivity contribution in [1.82, 2.24) is 14.9 Å². The van der Waals surface area contributed by atoms with Gasteiger partial charge in [0.05, 0.1) is 24.0 Å². The summed E-state index contributed by atoms with van der Waals surface area (Å²) in [5, 5.41) is 3.60. The van der Waals surface area contributed by atoms with Gasteiger partial charge in [-0.3, -0.25) is 9.59 Å². The monoisotopic (exact) mass is 459 g/mol. The highest BCUT2D eigenvalue weighted by atomic mass is 35.5. The van der Waals surface area contributed by atoms with Gasteiger partial charge >= 0.3 is 0 Å². The molecule has 0 fully saturated rings. The topological polar surface area (TPSA) is 64.0 Å². The van der Waals surface area contributed by atoms with Gasteiger partial charge in [0.2, 0.25) is 5.91 Å². The molecule has 0 unspecified atom stereocenters. The number of para-hydroxylation sites is 2. The zero-order chi connectivity index (χ0) is 23.2. The van der Waals surface area contributed by atoms with Crippen molar-refractivity contribution in [2.45, 2.75) is 32.7 Å². The number of hydrogen-bond donors (Lipinski definition) is 1. The van der Waals surface area contributed by atoms with Gasteiger partial charge in [0, 0.05) is 23.6 Å². The molecule has 1 heterocycles. The number of imidazole rings is 1. The lowest BCUT2D eigenvalue weighted by Gasteiger charge is -2.10. The Morgan fingerprint density at radius 2 is 1.70 bits per heavy atom. The maximum absolute atomic E-state index is 12.9. The Morgan fingerprint density at radius 1 is 0.970 bits per heavy atom. The first-order valence-electron chi connectivity index (χ1n) is 11.1. The minimum absolute atomic E-state index is 0.00241. The van der Waals surface area contributed by atoms with Gasteiger partial charge in [-0.15, -0.1) is 0 Å². The summed E-state index contributed by atoms with van der Waals surface area (Å²) >= 11 is 5.95. The molecule has 5 nitrogen and oxygen atoms in total. The van der Waals surface area contributed by atoms with E-state index in [9.17, 15) is 9.59 Å². The Kier molecular flexibility index (Phi) is 7.20. The fourth-order valence-corrected chi connectivity index (χ4v) is 4.01. The lowest BCUT2D eigenvalue weighted by atomic mass is 10.1. The molecule has 1 aromatic heterocycles. The molecule has 4 aromatic rings. The average Bonchev–Trinajstić information content (AvgIpc) is 3.16. The predicted octanol–water partition coefficient (Wildman–Crippen LogP) is 5.17. The Hall–Kier alpha value is -3.44. The molecule has 3 aromatic carbocycles. The summed E-state index contributed by atoms with van der Waals surface area (Å²) in [6.45, 7) is 2.77. The second-order valence-electron chi connectivity index (χ2n) is 8.09. The SMILES string of the molecule is Cc1ccccc1CC(=O)NCCCc1nc2ccccc2n1CC(=O)c1ccc(Cl)cc1. The number of fused-ring (bicyclic) bond motifs is 1. The number of Topliss-reactive ketones (excluding diaryl/α,β-unsaturated/α-hetero) is 1. The molecule has 0 saturated heterocycles. The van der Waals surface area contributed by atoms with Crippen molar-refractivity contribution in [3.8, 4) is 0 Å². The van der Waals surface area contributed by atoms with Gasteiger partial charge in [-0.25, -0.2) is 4.98 Å². The third-order valence-electron chi connectivity index (χ3n) is 5.71. The number of carbonyl (C=O) groups excluding carboxylic acids is 2. The summed E-state index contributed by atoms with van der Waals surface area (Å²) in [6, 6.07) is 22.7. The fourth-order valence-electron chi connectivity index (χ4n) is 3.88. The van der Waals surface area contributed by atoms with Gasteiger partial charge in [-0.2, -0.15) is 0 Å². The number of rotatable bonds is 9. The number of hydrogen-bond acceptors (Lipinski definition) is 3. The minimum Gasteiger partial charge on any atom is -0.356 e. The van der Waals surface area contributed by atoms with Crippen LogP contribution in [0.15, 0.2) is 72.8 Å². The highest BCUT2D eigenvalue weighted by Gasteiger charge is 2.15. The minimum atomic E-state index is 0.00241. The third-order valence-corrected chi connectivity index (χ3v) is 5.97. The van der Waals surface area contributed by atoms with E-state index in [1.807, 2.05) is 60.0 Å². The lowest BCUT2D eigenvalue weighted by molar-refractivity contribution is -0.120. The smallest absolute Gasteiger partial charge is 0.224 e. The van der Waals surface area contributed by atoms with Gasteiger partial charge in [-0.1, -0.05) is 48.0 Å². The van der Waals surface area contributed by atoms with E-state index >= 15 is 0 Å². The van der Waals surface area contributed by atoms with Gasteiger partial charge in [0.15, 0.2) is 5.78 Å². The number of carbonyl (C=O) groups is 2. The Balaban J connectivity index is 1.40. The molecule has 0 radical (unpaired) electrons. The second-order valence-corrected chi connectivity index (χ2v) is 8.53. The molecule has 0 bridgehead atoms. The molecule has 0 aliphatic rings. The van der Waals surface area contributed by atoms with Gasteiger partial charge < -0.3 is 9.88 Å². The van der Waals surface area contributed by atoms with Crippen molar-refractivity contribution in [1.29, 1.82) is 0 Å². The summed E-state index contributed by atoms with van der Waals surface area (Å²) in [5.41, 5.74) is 4.56. The van der Waals surface area contributed by atoms with E-state index < -0.39 is 0 Å². The van der Waals surface area contributed by atoms with Crippen LogP contribution in [0.4, 0.5) is 0 Å². The number of aryl methyl sites for hydroxylation is 2. The van der Waals surface area contributed by atoms with Crippen molar-refractivity contribution in [3.63, 3.8) is 0 Å². The molecule has 33 heavy (non-hydrogen) atoms. The molecule has 0 atom stereocenters. The number of halogens is 1. The third kappa shape index (κ3) is 5.68. The van der Waals surface area contributed by atoms with Crippen LogP contribution in [0.25, 0.3) is 11.0 Å². The van der Waals surface area contributed by atoms with Crippen LogP contribution < -0.4 is 5.32 Å². The van der Waals surface area contributed by atoms with Crippen LogP contribution in [0, 0.1) is 6.92 Å². The zero-order valence-electron chi connectivity index (χ0n) is 18.6. The van der Waals surface area contributed by atoms with Crippen LogP contribution in [0.1, 0.15) is 33.7 Å². The fraction of sp³-hybridized carbons (Fsp3) is 0.222. The van der Waals surface area contributed by atoms with Crippen molar-refractivity contribution < 1.29 is 9.59 Å². The molecule has 168 valence electrons. The average molecular weight is 460 g/mol. The molecule has 4 rings (SSSR count). The molecule has 0 spiro atoms. The maximum Gasteiger partial charge on any atom is 0.224 e. The largest absolute Gasteiger partial charge is 0.356 e. The van der Waals surface area contributed by atoms with Gasteiger partial charge in [0.25, 0.3) is 0 Å².